The minimum absolute atomic E-state index is 0.0449. The van der Waals surface area contributed by atoms with Crippen molar-refractivity contribution in [2.45, 2.75) is 62.2 Å². The van der Waals surface area contributed by atoms with Gasteiger partial charge >= 0.3 is 0 Å². The lowest BCUT2D eigenvalue weighted by Gasteiger charge is -2.12. The Kier molecular flexibility index (Phi) is 10.0. The van der Waals surface area contributed by atoms with Crippen LogP contribution >= 0.6 is 21.6 Å². The summed E-state index contributed by atoms with van der Waals surface area (Å²) in [5.74, 6) is 0.0898. The van der Waals surface area contributed by atoms with Crippen LogP contribution in [-0.2, 0) is 9.59 Å². The Balaban J connectivity index is 2.03. The monoisotopic (exact) mass is 416 g/mol. The van der Waals surface area contributed by atoms with Crippen molar-refractivity contribution in [2.24, 2.45) is 0 Å². The number of amides is 2. The molecule has 0 spiro atoms. The smallest absolute Gasteiger partial charge is 0.224 e. The van der Waals surface area contributed by atoms with E-state index in [1.54, 1.807) is 21.6 Å². The molecule has 2 N–H and O–H groups in total. The number of benzene rings is 2. The predicted molar refractivity (Wildman–Crippen MR) is 121 cm³/mol. The Morgan fingerprint density at radius 3 is 1.50 bits per heavy atom. The van der Waals surface area contributed by atoms with Crippen LogP contribution in [0.5, 0.6) is 0 Å². The van der Waals surface area contributed by atoms with Gasteiger partial charge in [-0.3, -0.25) is 9.59 Å². The molecular weight excluding hydrogens is 388 g/mol. The van der Waals surface area contributed by atoms with E-state index in [0.29, 0.717) is 12.8 Å². The van der Waals surface area contributed by atoms with E-state index in [4.69, 9.17) is 0 Å². The second kappa shape index (κ2) is 12.5. The van der Waals surface area contributed by atoms with Crippen LogP contribution in [0, 0.1) is 0 Å². The maximum absolute atomic E-state index is 12.1. The zero-order chi connectivity index (χ0) is 20.2. The Hall–Kier alpha value is -1.92. The van der Waals surface area contributed by atoms with E-state index in [2.05, 4.69) is 24.5 Å². The Morgan fingerprint density at radius 2 is 1.11 bits per heavy atom. The van der Waals surface area contributed by atoms with E-state index < -0.39 is 0 Å². The van der Waals surface area contributed by atoms with E-state index in [1.165, 1.54) is 0 Å². The summed E-state index contributed by atoms with van der Waals surface area (Å²) in [7, 11) is 3.15. The van der Waals surface area contributed by atoms with Crippen molar-refractivity contribution in [3.63, 3.8) is 0 Å². The summed E-state index contributed by atoms with van der Waals surface area (Å²) < 4.78 is 0. The normalized spacial score (nSPS) is 10.5. The van der Waals surface area contributed by atoms with Crippen LogP contribution in [0.2, 0.25) is 0 Å². The molecule has 2 amide bonds. The van der Waals surface area contributed by atoms with Crippen LogP contribution in [0.3, 0.4) is 0 Å². The SMILES string of the molecule is CCCCC(=O)Nc1ccccc1SSc1ccccc1NC(=O)CCCC. The van der Waals surface area contributed by atoms with Gasteiger partial charge in [0.2, 0.25) is 11.8 Å². The van der Waals surface area contributed by atoms with E-state index >= 15 is 0 Å². The molecule has 0 unspecified atom stereocenters. The second-order valence-corrected chi connectivity index (χ2v) is 8.68. The van der Waals surface area contributed by atoms with Gasteiger partial charge in [0.1, 0.15) is 0 Å². The number of hydrogen-bond acceptors (Lipinski definition) is 4. The molecule has 0 bridgehead atoms. The number of anilines is 2. The van der Waals surface area contributed by atoms with Gasteiger partial charge in [0.05, 0.1) is 11.4 Å². The largest absolute Gasteiger partial charge is 0.325 e. The van der Waals surface area contributed by atoms with Gasteiger partial charge in [0, 0.05) is 22.6 Å². The molecule has 0 heterocycles. The van der Waals surface area contributed by atoms with Gasteiger partial charge in [-0.25, -0.2) is 0 Å². The van der Waals surface area contributed by atoms with E-state index in [1.807, 2.05) is 48.5 Å². The Morgan fingerprint density at radius 1 is 0.714 bits per heavy atom. The third kappa shape index (κ3) is 7.60. The summed E-state index contributed by atoms with van der Waals surface area (Å²) >= 11 is 0. The fourth-order valence-electron chi connectivity index (χ4n) is 2.48. The standard InChI is InChI=1S/C22H28N2O2S2/c1-3-5-15-21(25)23-17-11-7-9-13-19(17)27-28-20-14-10-8-12-18(20)24-22(26)16-6-4-2/h7-14H,3-6,15-16H2,1-2H3,(H,23,25)(H,24,26). The molecule has 0 aromatic heterocycles. The summed E-state index contributed by atoms with van der Waals surface area (Å²) in [6.45, 7) is 4.15. The lowest BCUT2D eigenvalue weighted by atomic mass is 10.2. The van der Waals surface area contributed by atoms with Gasteiger partial charge < -0.3 is 10.6 Å². The molecule has 0 aliphatic rings. The van der Waals surface area contributed by atoms with Crippen molar-refractivity contribution in [1.82, 2.24) is 0 Å². The van der Waals surface area contributed by atoms with Gasteiger partial charge in [0.25, 0.3) is 0 Å². The van der Waals surface area contributed by atoms with Gasteiger partial charge in [-0.1, -0.05) is 72.5 Å². The molecule has 0 saturated carbocycles. The zero-order valence-electron chi connectivity index (χ0n) is 16.5. The number of unbranched alkanes of at least 4 members (excludes halogenated alkanes) is 2. The summed E-state index contributed by atoms with van der Waals surface area (Å²) in [6, 6.07) is 15.6. The summed E-state index contributed by atoms with van der Waals surface area (Å²) in [6.07, 6.45) is 4.85. The lowest BCUT2D eigenvalue weighted by molar-refractivity contribution is -0.117. The van der Waals surface area contributed by atoms with Crippen LogP contribution in [0.1, 0.15) is 52.4 Å². The fraction of sp³-hybridized carbons (Fsp3) is 0.364. The molecular formula is C22H28N2O2S2. The van der Waals surface area contributed by atoms with Crippen LogP contribution < -0.4 is 10.6 Å². The highest BCUT2D eigenvalue weighted by atomic mass is 33.1. The number of nitrogens with one attached hydrogen (secondary N) is 2. The van der Waals surface area contributed by atoms with E-state index in [-0.39, 0.29) is 11.8 Å². The van der Waals surface area contributed by atoms with Crippen LogP contribution in [0.4, 0.5) is 11.4 Å². The third-order valence-corrected chi connectivity index (χ3v) is 6.54. The maximum Gasteiger partial charge on any atom is 0.224 e. The van der Waals surface area contributed by atoms with Crippen LogP contribution in [0.15, 0.2) is 58.3 Å². The molecule has 0 radical (unpaired) electrons. The van der Waals surface area contributed by atoms with Crippen LogP contribution in [0.25, 0.3) is 0 Å². The molecule has 2 aromatic carbocycles. The molecule has 4 nitrogen and oxygen atoms in total. The molecule has 0 atom stereocenters. The topological polar surface area (TPSA) is 58.2 Å². The van der Waals surface area contributed by atoms with Crippen molar-refractivity contribution in [3.8, 4) is 0 Å². The number of carbonyl (C=O) groups is 2. The average molecular weight is 417 g/mol. The molecule has 0 fully saturated rings. The minimum atomic E-state index is 0.0449. The summed E-state index contributed by atoms with van der Waals surface area (Å²) in [5, 5.41) is 6.02. The molecule has 0 aliphatic carbocycles. The summed E-state index contributed by atoms with van der Waals surface area (Å²) in [4.78, 5) is 26.2. The molecule has 6 heteroatoms. The molecule has 2 rings (SSSR count). The Labute approximate surface area is 175 Å². The van der Waals surface area contributed by atoms with E-state index in [9.17, 15) is 9.59 Å². The predicted octanol–water partition coefficient (Wildman–Crippen LogP) is 6.74. The minimum Gasteiger partial charge on any atom is -0.325 e. The highest BCUT2D eigenvalue weighted by Crippen LogP contribution is 2.43. The van der Waals surface area contributed by atoms with Crippen molar-refractivity contribution >= 4 is 44.8 Å². The van der Waals surface area contributed by atoms with Gasteiger partial charge in [0.15, 0.2) is 0 Å². The van der Waals surface area contributed by atoms with Gasteiger partial charge in [-0.2, -0.15) is 0 Å². The van der Waals surface area contributed by atoms with Crippen molar-refractivity contribution in [2.75, 3.05) is 10.6 Å². The number of hydrogen-bond donors (Lipinski definition) is 2. The quantitative estimate of drug-likeness (QED) is 0.398. The number of rotatable bonds is 11. The number of para-hydroxylation sites is 2. The summed E-state index contributed by atoms with van der Waals surface area (Å²) in [5.41, 5.74) is 1.65. The first-order valence-corrected chi connectivity index (χ1v) is 11.9. The first kappa shape index (κ1) is 22.4. The lowest BCUT2D eigenvalue weighted by Crippen LogP contribution is -2.11. The van der Waals surface area contributed by atoms with Gasteiger partial charge in [-0.05, 0) is 37.1 Å². The number of carbonyl (C=O) groups excluding carboxylic acids is 2. The first-order chi connectivity index (χ1) is 13.6. The highest BCUT2D eigenvalue weighted by Gasteiger charge is 2.11. The van der Waals surface area contributed by atoms with Gasteiger partial charge in [-0.15, -0.1) is 0 Å². The molecule has 0 aliphatic heterocycles. The second-order valence-electron chi connectivity index (χ2n) is 6.46. The Bertz CT molecular complexity index is 715. The average Bonchev–Trinajstić information content (AvgIpc) is 2.71. The third-order valence-electron chi connectivity index (χ3n) is 4.06. The van der Waals surface area contributed by atoms with Crippen molar-refractivity contribution < 1.29 is 9.59 Å². The molecule has 2 aromatic rings. The molecule has 0 saturated heterocycles. The zero-order valence-corrected chi connectivity index (χ0v) is 18.1. The van der Waals surface area contributed by atoms with Crippen molar-refractivity contribution in [1.29, 1.82) is 0 Å². The molecule has 28 heavy (non-hydrogen) atoms. The highest BCUT2D eigenvalue weighted by molar-refractivity contribution is 8.76. The first-order valence-electron chi connectivity index (χ1n) is 9.76. The molecule has 150 valence electrons. The van der Waals surface area contributed by atoms with E-state index in [0.717, 1.165) is 46.8 Å². The van der Waals surface area contributed by atoms with Crippen LogP contribution in [-0.4, -0.2) is 11.8 Å². The fourth-order valence-corrected chi connectivity index (χ4v) is 4.75. The van der Waals surface area contributed by atoms with Crippen molar-refractivity contribution in [3.05, 3.63) is 48.5 Å². The maximum atomic E-state index is 12.1.